The number of carbonyl (C=O) groups is 4. The third-order valence-corrected chi connectivity index (χ3v) is 13.1. The maximum Gasteiger partial charge on any atom is 0.306 e. The molecular formula is C40H51N3O7S. The molecule has 1 saturated heterocycles. The SMILES string of the molecule is C=C[C@@H]1C[C@]1(CC(=O)[C@@H]1CN(S(=O)(=O)c2ccccc2-c2ccccc2)CN1C(=O)[C@@H](CC(=O)OC1CCCC1)C(C)(C)C)C(=O)NCC1CC1. The lowest BCUT2D eigenvalue weighted by molar-refractivity contribution is -0.156. The van der Waals surface area contributed by atoms with Crippen LogP contribution in [0.4, 0.5) is 0 Å². The molecule has 2 amide bonds. The van der Waals surface area contributed by atoms with Crippen molar-refractivity contribution in [1.82, 2.24) is 14.5 Å². The molecule has 1 aliphatic heterocycles. The van der Waals surface area contributed by atoms with Crippen molar-refractivity contribution >= 4 is 33.6 Å². The quantitative estimate of drug-likeness (QED) is 0.195. The summed E-state index contributed by atoms with van der Waals surface area (Å²) < 4.78 is 35.9. The second kappa shape index (κ2) is 14.7. The topological polar surface area (TPSA) is 130 Å². The number of hydrogen-bond donors (Lipinski definition) is 1. The van der Waals surface area contributed by atoms with Crippen LogP contribution in [-0.2, 0) is 33.9 Å². The summed E-state index contributed by atoms with van der Waals surface area (Å²) in [4.78, 5) is 57.2. The lowest BCUT2D eigenvalue weighted by Gasteiger charge is -2.34. The number of rotatable bonds is 14. The largest absolute Gasteiger partial charge is 0.462 e. The zero-order valence-corrected chi connectivity index (χ0v) is 30.8. The van der Waals surface area contributed by atoms with Crippen molar-refractivity contribution in [3.8, 4) is 11.1 Å². The van der Waals surface area contributed by atoms with Crippen LogP contribution in [-0.4, -0.2) is 73.1 Å². The molecule has 3 saturated carbocycles. The highest BCUT2D eigenvalue weighted by molar-refractivity contribution is 7.89. The van der Waals surface area contributed by atoms with Gasteiger partial charge in [0.05, 0.1) is 29.3 Å². The van der Waals surface area contributed by atoms with Crippen LogP contribution in [0.1, 0.15) is 78.6 Å². The number of nitrogens with zero attached hydrogens (tertiary/aromatic N) is 2. The molecule has 11 heteroatoms. The normalized spacial score (nSPS) is 24.6. The summed E-state index contributed by atoms with van der Waals surface area (Å²) in [5.74, 6) is -2.16. The van der Waals surface area contributed by atoms with Gasteiger partial charge in [-0.25, -0.2) is 8.42 Å². The number of ether oxygens (including phenoxy) is 1. The van der Waals surface area contributed by atoms with Gasteiger partial charge in [-0.3, -0.25) is 19.2 Å². The molecule has 51 heavy (non-hydrogen) atoms. The van der Waals surface area contributed by atoms with Gasteiger partial charge in [0.2, 0.25) is 21.8 Å². The second-order valence-corrected chi connectivity index (χ2v) is 17.9. The van der Waals surface area contributed by atoms with Gasteiger partial charge in [-0.05, 0) is 73.8 Å². The minimum absolute atomic E-state index is 0.0639. The number of nitrogens with one attached hydrogen (secondary N) is 1. The molecule has 0 bridgehead atoms. The Morgan fingerprint density at radius 1 is 1.00 bits per heavy atom. The van der Waals surface area contributed by atoms with E-state index in [1.807, 2.05) is 51.1 Å². The molecule has 2 aromatic rings. The highest BCUT2D eigenvalue weighted by Gasteiger charge is 2.60. The van der Waals surface area contributed by atoms with Crippen LogP contribution in [0, 0.1) is 28.6 Å². The van der Waals surface area contributed by atoms with Crippen molar-refractivity contribution in [1.29, 1.82) is 0 Å². The summed E-state index contributed by atoms with van der Waals surface area (Å²) in [5, 5.41) is 3.03. The van der Waals surface area contributed by atoms with Crippen LogP contribution < -0.4 is 5.32 Å². The van der Waals surface area contributed by atoms with Gasteiger partial charge in [0.15, 0.2) is 5.78 Å². The lowest BCUT2D eigenvalue weighted by Crippen LogP contribution is -2.49. The molecule has 0 unspecified atom stereocenters. The van der Waals surface area contributed by atoms with E-state index in [-0.39, 0.29) is 54.7 Å². The van der Waals surface area contributed by atoms with E-state index in [0.29, 0.717) is 30.0 Å². The number of sulfonamides is 1. The van der Waals surface area contributed by atoms with Crippen molar-refractivity contribution in [2.45, 2.75) is 95.6 Å². The molecule has 3 aliphatic carbocycles. The fourth-order valence-electron chi connectivity index (χ4n) is 7.70. The lowest BCUT2D eigenvalue weighted by atomic mass is 9.77. The van der Waals surface area contributed by atoms with Crippen LogP contribution in [0.3, 0.4) is 0 Å². The summed E-state index contributed by atoms with van der Waals surface area (Å²) in [5.41, 5.74) is -0.470. The minimum Gasteiger partial charge on any atom is -0.462 e. The standard InChI is InChI=1S/C40H51N3O7S/c1-5-29-22-40(29,38(47)41-24-27-19-20-27)23-34(44)33-25-42(51(48,49)35-18-12-11-17-31(35)28-13-7-6-8-14-28)26-43(33)37(46)32(39(2,3)4)21-36(45)50-30-15-9-10-16-30/h5-8,11-14,17-18,27,29-30,32-33H,1,9-10,15-16,19-26H2,2-4H3,(H,41,47)/t29-,32-,33+,40-/m1/s1. The monoisotopic (exact) mass is 717 g/mol. The summed E-state index contributed by atoms with van der Waals surface area (Å²) in [6, 6.07) is 14.7. The summed E-state index contributed by atoms with van der Waals surface area (Å²) in [7, 11) is -4.22. The fourth-order valence-corrected chi connectivity index (χ4v) is 9.31. The average molecular weight is 718 g/mol. The Morgan fingerprint density at radius 3 is 2.29 bits per heavy atom. The Hall–Kier alpha value is -3.83. The molecule has 10 nitrogen and oxygen atoms in total. The van der Waals surface area contributed by atoms with Crippen molar-refractivity contribution in [3.05, 3.63) is 67.3 Å². The van der Waals surface area contributed by atoms with Gasteiger partial charge < -0.3 is 15.0 Å². The van der Waals surface area contributed by atoms with Crippen LogP contribution in [0.5, 0.6) is 0 Å². The third kappa shape index (κ3) is 7.99. The number of hydrogen-bond acceptors (Lipinski definition) is 7. The second-order valence-electron chi connectivity index (χ2n) is 16.0. The fraction of sp³-hybridized carbons (Fsp3) is 0.550. The predicted octanol–water partition coefficient (Wildman–Crippen LogP) is 5.73. The van der Waals surface area contributed by atoms with Crippen molar-refractivity contribution in [3.63, 3.8) is 0 Å². The molecule has 4 fully saturated rings. The number of Topliss-reactive ketones (excluding diaryl/α,β-unsaturated/α-hetero) is 1. The number of amides is 2. The van der Waals surface area contributed by atoms with E-state index in [0.717, 1.165) is 38.5 Å². The van der Waals surface area contributed by atoms with Gasteiger partial charge in [0.1, 0.15) is 12.1 Å². The van der Waals surface area contributed by atoms with Crippen LogP contribution in [0.15, 0.2) is 72.1 Å². The molecule has 0 aromatic heterocycles. The molecule has 274 valence electrons. The Kier molecular flexibility index (Phi) is 10.6. The number of esters is 1. The first-order chi connectivity index (χ1) is 24.2. The van der Waals surface area contributed by atoms with Gasteiger partial charge >= 0.3 is 5.97 Å². The smallest absolute Gasteiger partial charge is 0.306 e. The molecule has 6 rings (SSSR count). The van der Waals surface area contributed by atoms with E-state index in [9.17, 15) is 27.6 Å². The van der Waals surface area contributed by atoms with Crippen molar-refractivity contribution < 1.29 is 32.3 Å². The maximum absolute atomic E-state index is 14.6. The number of benzene rings is 2. The Bertz CT molecular complexity index is 1760. The van der Waals surface area contributed by atoms with Gasteiger partial charge in [-0.1, -0.05) is 75.4 Å². The Morgan fingerprint density at radius 2 is 1.67 bits per heavy atom. The first kappa shape index (κ1) is 36.9. The molecule has 1 N–H and O–H groups in total. The van der Waals surface area contributed by atoms with E-state index in [4.69, 9.17) is 4.74 Å². The van der Waals surface area contributed by atoms with E-state index < -0.39 is 44.7 Å². The molecule has 2 aromatic carbocycles. The van der Waals surface area contributed by atoms with Gasteiger partial charge in [-0.15, -0.1) is 6.58 Å². The van der Waals surface area contributed by atoms with E-state index >= 15 is 0 Å². The zero-order valence-electron chi connectivity index (χ0n) is 30.0. The van der Waals surface area contributed by atoms with Crippen LogP contribution in [0.25, 0.3) is 11.1 Å². The first-order valence-electron chi connectivity index (χ1n) is 18.3. The van der Waals surface area contributed by atoms with E-state index in [2.05, 4.69) is 11.9 Å². The number of ketones is 1. The Balaban J connectivity index is 1.31. The van der Waals surface area contributed by atoms with Crippen LogP contribution in [0.2, 0.25) is 0 Å². The molecular weight excluding hydrogens is 667 g/mol. The zero-order chi connectivity index (χ0) is 36.6. The summed E-state index contributed by atoms with van der Waals surface area (Å²) in [6.07, 6.45) is 7.35. The highest BCUT2D eigenvalue weighted by Crippen LogP contribution is 2.57. The van der Waals surface area contributed by atoms with Gasteiger partial charge in [0.25, 0.3) is 0 Å². The third-order valence-electron chi connectivity index (χ3n) is 11.2. The van der Waals surface area contributed by atoms with E-state index in [1.165, 1.54) is 15.3 Å². The predicted molar refractivity (Wildman–Crippen MR) is 193 cm³/mol. The van der Waals surface area contributed by atoms with E-state index in [1.54, 1.807) is 24.3 Å². The summed E-state index contributed by atoms with van der Waals surface area (Å²) >= 11 is 0. The van der Waals surface area contributed by atoms with Gasteiger partial charge in [0, 0.05) is 25.1 Å². The first-order valence-corrected chi connectivity index (χ1v) is 19.8. The highest BCUT2D eigenvalue weighted by atomic mass is 32.2. The minimum atomic E-state index is -4.22. The number of carbonyl (C=O) groups excluding carboxylic acids is 4. The molecule has 0 spiro atoms. The van der Waals surface area contributed by atoms with Gasteiger partial charge in [-0.2, -0.15) is 4.31 Å². The maximum atomic E-state index is 14.6. The van der Waals surface area contributed by atoms with Crippen molar-refractivity contribution in [2.75, 3.05) is 19.8 Å². The summed E-state index contributed by atoms with van der Waals surface area (Å²) in [6.45, 7) is 9.39. The average Bonchev–Trinajstić information content (AvgIpc) is 3.95. The molecule has 0 radical (unpaired) electrons. The molecule has 1 heterocycles. The molecule has 4 atom stereocenters. The number of allylic oxidation sites excluding steroid dienone is 1. The van der Waals surface area contributed by atoms with Crippen molar-refractivity contribution in [2.24, 2.45) is 28.6 Å². The molecule has 4 aliphatic rings. The van der Waals surface area contributed by atoms with Crippen LogP contribution >= 0.6 is 0 Å². The Labute approximate surface area is 302 Å².